The fraction of sp³-hybridized carbons (Fsp3) is 0.364. The normalized spacial score (nSPS) is 11.7. The molecule has 1 atom stereocenters. The van der Waals surface area contributed by atoms with Gasteiger partial charge in [0.1, 0.15) is 11.4 Å². The third-order valence-electron chi connectivity index (χ3n) is 2.44. The number of nitrogens with two attached hydrogens (primary N) is 1. The minimum atomic E-state index is -2.55. The number of rotatable bonds is 5. The second kappa shape index (κ2) is 6.15. The molecule has 1 aromatic carbocycles. The zero-order valence-corrected chi connectivity index (χ0v) is 10.9. The average Bonchev–Trinajstić information content (AvgIpc) is 2.28. The number of carbonyl (C=O) groups is 1. The molecule has 0 aromatic heterocycles. The summed E-state index contributed by atoms with van der Waals surface area (Å²) in [5, 5.41) is 0. The maximum absolute atomic E-state index is 11.0. The topological polar surface area (TPSA) is 98.8 Å². The van der Waals surface area contributed by atoms with Gasteiger partial charge in [0.25, 0.3) is 0 Å². The molecule has 0 saturated carbocycles. The summed E-state index contributed by atoms with van der Waals surface area (Å²) in [5.74, 6) is -0.379. The number of hydrogen-bond acceptors (Lipinski definition) is 5. The molecule has 1 unspecified atom stereocenters. The smallest absolute Gasteiger partial charge is 0.316 e. The van der Waals surface area contributed by atoms with Gasteiger partial charge in [0.2, 0.25) is 5.91 Å². The van der Waals surface area contributed by atoms with E-state index >= 15 is 0 Å². The number of amides is 1. The van der Waals surface area contributed by atoms with Crippen molar-refractivity contribution in [2.45, 2.75) is 13.3 Å². The first-order valence-electron chi connectivity index (χ1n) is 5.21. The van der Waals surface area contributed by atoms with Gasteiger partial charge >= 0.3 is 10.5 Å². The van der Waals surface area contributed by atoms with E-state index in [1.165, 1.54) is 7.11 Å². The van der Waals surface area contributed by atoms with Crippen molar-refractivity contribution in [1.29, 1.82) is 0 Å². The Labute approximate surface area is 106 Å². The van der Waals surface area contributed by atoms with Gasteiger partial charge < -0.3 is 10.5 Å². The van der Waals surface area contributed by atoms with Crippen LogP contribution in [0.4, 0.5) is 5.69 Å². The summed E-state index contributed by atoms with van der Waals surface area (Å²) in [6, 6.07) is 4.91. The lowest BCUT2D eigenvalue weighted by atomic mass is 10.0. The number of hydrogen-bond donors (Lipinski definition) is 1. The molecule has 98 valence electrons. The van der Waals surface area contributed by atoms with Crippen LogP contribution in [0.1, 0.15) is 12.5 Å². The molecule has 0 aliphatic carbocycles. The van der Waals surface area contributed by atoms with E-state index in [0.29, 0.717) is 12.2 Å². The monoisotopic (exact) mass is 270 g/mol. The molecule has 18 heavy (non-hydrogen) atoms. The van der Waals surface area contributed by atoms with Crippen LogP contribution in [0.2, 0.25) is 0 Å². The summed E-state index contributed by atoms with van der Waals surface area (Å²) in [7, 11) is -1.13. The predicted molar refractivity (Wildman–Crippen MR) is 66.1 cm³/mol. The Balaban J connectivity index is 3.10. The highest BCUT2D eigenvalue weighted by Gasteiger charge is 2.11. The second-order valence-corrected chi connectivity index (χ2v) is 4.44. The van der Waals surface area contributed by atoms with Crippen molar-refractivity contribution >= 4 is 22.1 Å². The summed E-state index contributed by atoms with van der Waals surface area (Å²) in [4.78, 5) is 11.0. The highest BCUT2D eigenvalue weighted by molar-refractivity contribution is 7.61. The summed E-state index contributed by atoms with van der Waals surface area (Å²) in [6.45, 7) is 1.70. The van der Waals surface area contributed by atoms with Gasteiger partial charge in [-0.05, 0) is 24.1 Å². The highest BCUT2D eigenvalue weighted by Crippen LogP contribution is 2.29. The summed E-state index contributed by atoms with van der Waals surface area (Å²) in [5.41, 5.74) is 6.15. The summed E-state index contributed by atoms with van der Waals surface area (Å²) >= 11 is 0. The van der Waals surface area contributed by atoms with E-state index in [2.05, 4.69) is 4.36 Å². The fourth-order valence-electron chi connectivity index (χ4n) is 1.47. The first-order chi connectivity index (χ1) is 8.43. The van der Waals surface area contributed by atoms with E-state index in [-0.39, 0.29) is 11.6 Å². The van der Waals surface area contributed by atoms with Gasteiger partial charge in [-0.3, -0.25) is 4.79 Å². The number of carbonyl (C=O) groups excluding carboxylic acids is 1. The largest absolute Gasteiger partial charge is 0.494 e. The minimum Gasteiger partial charge on any atom is -0.494 e. The molecule has 0 heterocycles. The summed E-state index contributed by atoms with van der Waals surface area (Å²) < 4.78 is 29.6. The summed E-state index contributed by atoms with van der Waals surface area (Å²) in [6.07, 6.45) is 0.424. The number of nitrogens with zero attached hydrogens (tertiary/aromatic N) is 1. The van der Waals surface area contributed by atoms with Gasteiger partial charge in [-0.1, -0.05) is 13.0 Å². The number of ether oxygens (including phenoxy) is 1. The lowest BCUT2D eigenvalue weighted by Gasteiger charge is -2.09. The maximum atomic E-state index is 11.0. The second-order valence-electron chi connectivity index (χ2n) is 3.82. The number of primary amides is 1. The zero-order chi connectivity index (χ0) is 13.7. The van der Waals surface area contributed by atoms with Crippen LogP contribution in [0.5, 0.6) is 5.75 Å². The first kappa shape index (κ1) is 14.2. The Hall–Kier alpha value is -1.89. The molecule has 7 heteroatoms. The molecule has 1 aromatic rings. The molecule has 0 fully saturated rings. The Kier molecular flexibility index (Phi) is 4.85. The van der Waals surface area contributed by atoms with Crippen LogP contribution in [0.15, 0.2) is 22.6 Å². The Morgan fingerprint density at radius 1 is 1.50 bits per heavy atom. The third kappa shape index (κ3) is 3.85. The number of benzene rings is 1. The van der Waals surface area contributed by atoms with Crippen molar-refractivity contribution < 1.29 is 17.9 Å². The minimum absolute atomic E-state index is 0.208. The Bertz CT molecular complexity index is 573. The molecule has 0 bridgehead atoms. The van der Waals surface area contributed by atoms with E-state index < -0.39 is 16.4 Å². The van der Waals surface area contributed by atoms with Crippen molar-refractivity contribution in [2.75, 3.05) is 7.11 Å². The van der Waals surface area contributed by atoms with Gasteiger partial charge in [0.15, 0.2) is 0 Å². The first-order valence-corrected chi connectivity index (χ1v) is 6.24. The Morgan fingerprint density at radius 3 is 2.67 bits per heavy atom. The van der Waals surface area contributed by atoms with Crippen LogP contribution in [-0.2, 0) is 21.7 Å². The van der Waals surface area contributed by atoms with Gasteiger partial charge in [-0.25, -0.2) is 0 Å². The lowest BCUT2D eigenvalue weighted by Crippen LogP contribution is -2.22. The lowest BCUT2D eigenvalue weighted by molar-refractivity contribution is -0.121. The van der Waals surface area contributed by atoms with Crippen LogP contribution < -0.4 is 10.5 Å². The molecule has 1 amide bonds. The van der Waals surface area contributed by atoms with Crippen LogP contribution in [0, 0.1) is 5.92 Å². The molecular formula is C11H14N2O4S. The molecule has 0 saturated heterocycles. The van der Waals surface area contributed by atoms with E-state index in [4.69, 9.17) is 10.5 Å². The van der Waals surface area contributed by atoms with Crippen molar-refractivity contribution in [2.24, 2.45) is 16.0 Å². The van der Waals surface area contributed by atoms with Crippen molar-refractivity contribution in [3.05, 3.63) is 23.8 Å². The molecule has 2 N–H and O–H groups in total. The van der Waals surface area contributed by atoms with Crippen LogP contribution in [0.25, 0.3) is 0 Å². The molecule has 0 aliphatic heterocycles. The van der Waals surface area contributed by atoms with E-state index in [9.17, 15) is 13.2 Å². The number of methoxy groups -OCH3 is 1. The van der Waals surface area contributed by atoms with Gasteiger partial charge in [-0.15, -0.1) is 4.36 Å². The van der Waals surface area contributed by atoms with Gasteiger partial charge in [0.05, 0.1) is 7.11 Å². The zero-order valence-electron chi connectivity index (χ0n) is 10.1. The molecule has 0 radical (unpaired) electrons. The van der Waals surface area contributed by atoms with E-state index in [1.54, 1.807) is 25.1 Å². The van der Waals surface area contributed by atoms with Crippen LogP contribution >= 0.6 is 0 Å². The van der Waals surface area contributed by atoms with Crippen molar-refractivity contribution in [3.63, 3.8) is 0 Å². The average molecular weight is 270 g/mol. The molecule has 1 rings (SSSR count). The fourth-order valence-corrected chi connectivity index (χ4v) is 1.77. The molecule has 6 nitrogen and oxygen atoms in total. The third-order valence-corrected chi connectivity index (χ3v) is 2.79. The van der Waals surface area contributed by atoms with Crippen molar-refractivity contribution in [3.8, 4) is 5.75 Å². The van der Waals surface area contributed by atoms with Crippen molar-refractivity contribution in [1.82, 2.24) is 0 Å². The van der Waals surface area contributed by atoms with Gasteiger partial charge in [-0.2, -0.15) is 8.42 Å². The van der Waals surface area contributed by atoms with Crippen LogP contribution in [-0.4, -0.2) is 21.4 Å². The van der Waals surface area contributed by atoms with E-state index in [0.717, 1.165) is 5.56 Å². The standard InChI is InChI=1S/C11H14N2O4S/c1-7(11(12)14)5-8-3-4-10(17-2)9(6-8)13-18(15)16/h3-4,6-7H,5H2,1-2H3,(H2,12,14). The molecular weight excluding hydrogens is 256 g/mol. The predicted octanol–water partition coefficient (Wildman–Crippen LogP) is 1.05. The molecule has 0 aliphatic rings. The van der Waals surface area contributed by atoms with Gasteiger partial charge in [0, 0.05) is 5.92 Å². The maximum Gasteiger partial charge on any atom is 0.316 e. The quantitative estimate of drug-likeness (QED) is 0.864. The van der Waals surface area contributed by atoms with Crippen LogP contribution in [0.3, 0.4) is 0 Å². The Morgan fingerprint density at radius 2 is 2.17 bits per heavy atom. The SMILES string of the molecule is COc1ccc(CC(C)C(N)=O)cc1N=S(=O)=O. The van der Waals surface area contributed by atoms with E-state index in [1.807, 2.05) is 0 Å². The highest BCUT2D eigenvalue weighted by atomic mass is 32.2. The molecule has 0 spiro atoms.